The third-order valence-electron chi connectivity index (χ3n) is 2.25. The Morgan fingerprint density at radius 1 is 1.20 bits per heavy atom. The fourth-order valence-corrected chi connectivity index (χ4v) is 2.83. The maximum absolute atomic E-state index is 10.1. The molecule has 1 aromatic rings. The molecule has 2 rings (SSSR count). The summed E-state index contributed by atoms with van der Waals surface area (Å²) >= 11 is 0. The molecule has 0 aromatic heterocycles. The van der Waals surface area contributed by atoms with Gasteiger partial charge in [0.1, 0.15) is 5.04 Å². The molecule has 0 saturated carbocycles. The molecule has 1 aliphatic heterocycles. The first kappa shape index (κ1) is 10.6. The summed E-state index contributed by atoms with van der Waals surface area (Å²) in [5, 5.41) is 3.54. The van der Waals surface area contributed by atoms with Crippen LogP contribution >= 0.6 is 10.6 Å². The molecule has 0 bridgehead atoms. The first-order valence-corrected chi connectivity index (χ1v) is 6.33. The zero-order valence-electron chi connectivity index (χ0n) is 8.26. The Morgan fingerprint density at radius 3 is 2.53 bits per heavy atom. The van der Waals surface area contributed by atoms with Crippen LogP contribution in [0.1, 0.15) is 0 Å². The summed E-state index contributed by atoms with van der Waals surface area (Å²) in [6.45, 7) is 1.86. The van der Waals surface area contributed by atoms with Gasteiger partial charge in [0, 0.05) is 6.54 Å². The van der Waals surface area contributed by atoms with Crippen LogP contribution in [0.3, 0.4) is 0 Å². The lowest BCUT2D eigenvalue weighted by atomic mass is 10.4. The first-order valence-electron chi connectivity index (χ1n) is 4.78. The topological polar surface area (TPSA) is 64.8 Å². The van der Waals surface area contributed by atoms with Gasteiger partial charge in [-0.15, -0.1) is 10.6 Å². The molecule has 1 heterocycles. The van der Waals surface area contributed by atoms with Crippen LogP contribution in [0.4, 0.5) is 0 Å². The van der Waals surface area contributed by atoms with Crippen LogP contribution < -0.4 is 5.32 Å². The third-order valence-corrected chi connectivity index (χ3v) is 4.11. The molecule has 0 aliphatic carbocycles. The largest absolute Gasteiger partial charge is 0.308 e. The molecule has 0 amide bonds. The monoisotopic (exact) mass is 226 g/mol. The van der Waals surface area contributed by atoms with E-state index >= 15 is 0 Å². The van der Waals surface area contributed by atoms with Crippen molar-refractivity contribution in [3.05, 3.63) is 30.3 Å². The summed E-state index contributed by atoms with van der Waals surface area (Å²) < 4.78 is 20.2. The molecule has 15 heavy (non-hydrogen) atoms. The molecule has 5 heteroatoms. The number of rotatable bonds is 1. The van der Waals surface area contributed by atoms with Crippen LogP contribution in [0.2, 0.25) is 0 Å². The zero-order valence-corrected chi connectivity index (χ0v) is 9.07. The van der Waals surface area contributed by atoms with E-state index in [9.17, 15) is 9.11 Å². The Kier molecular flexibility index (Phi) is 3.06. The van der Waals surface area contributed by atoms with Gasteiger partial charge in [-0.05, 0) is 12.1 Å². The van der Waals surface area contributed by atoms with Crippen molar-refractivity contribution in [2.45, 2.75) is 4.90 Å². The number of aliphatic imine (C=N–C) groups is 1. The van der Waals surface area contributed by atoms with Gasteiger partial charge in [-0.1, -0.05) is 18.2 Å². The Morgan fingerprint density at radius 2 is 1.93 bits per heavy atom. The van der Waals surface area contributed by atoms with Gasteiger partial charge in [0.25, 0.3) is 0 Å². The molecular weight excluding hydrogens is 212 g/mol. The van der Waals surface area contributed by atoms with Crippen LogP contribution in [0.25, 0.3) is 0 Å². The molecule has 3 N–H and O–H groups in total. The Hall–Kier alpha value is -0.880. The van der Waals surface area contributed by atoms with Gasteiger partial charge in [0.15, 0.2) is 0 Å². The van der Waals surface area contributed by atoms with E-state index in [1.807, 2.05) is 6.07 Å². The number of nitrogens with zero attached hydrogens (tertiary/aromatic N) is 1. The lowest BCUT2D eigenvalue weighted by Crippen LogP contribution is -2.33. The van der Waals surface area contributed by atoms with Crippen molar-refractivity contribution < 1.29 is 9.11 Å². The SMILES string of the molecule is OS(O)(C1=NCCNC1)c1ccccc1. The predicted octanol–water partition coefficient (Wildman–Crippen LogP) is 1.80. The minimum Gasteiger partial charge on any atom is -0.308 e. The summed E-state index contributed by atoms with van der Waals surface area (Å²) in [5.41, 5.74) is 0. The lowest BCUT2D eigenvalue weighted by molar-refractivity contribution is 0.501. The van der Waals surface area contributed by atoms with Gasteiger partial charge in [0.05, 0.1) is 18.0 Å². The van der Waals surface area contributed by atoms with E-state index in [0.717, 1.165) is 6.54 Å². The van der Waals surface area contributed by atoms with E-state index in [0.29, 0.717) is 23.0 Å². The Labute approximate surface area is 90.4 Å². The summed E-state index contributed by atoms with van der Waals surface area (Å²) in [6.07, 6.45) is 0. The molecule has 1 aliphatic rings. The predicted molar refractivity (Wildman–Crippen MR) is 62.7 cm³/mol. The van der Waals surface area contributed by atoms with Gasteiger partial charge in [-0.25, -0.2) is 0 Å². The van der Waals surface area contributed by atoms with E-state index in [2.05, 4.69) is 10.3 Å². The molecule has 0 saturated heterocycles. The molecule has 4 nitrogen and oxygen atoms in total. The molecule has 0 radical (unpaired) electrons. The van der Waals surface area contributed by atoms with Crippen LogP contribution in [-0.2, 0) is 0 Å². The standard InChI is InChI=1S/C10H14N2O2S/c13-15(14,9-4-2-1-3-5-9)10-8-11-6-7-12-10/h1-5,11,13-14H,6-8H2. The van der Waals surface area contributed by atoms with Crippen molar-refractivity contribution in [3.63, 3.8) is 0 Å². The average Bonchev–Trinajstić information content (AvgIpc) is 2.31. The number of nitrogens with one attached hydrogen (secondary N) is 1. The fourth-order valence-electron chi connectivity index (χ4n) is 1.45. The maximum atomic E-state index is 10.1. The van der Waals surface area contributed by atoms with Crippen LogP contribution in [-0.4, -0.2) is 33.8 Å². The van der Waals surface area contributed by atoms with Crippen LogP contribution in [0, 0.1) is 0 Å². The number of hydrogen-bond acceptors (Lipinski definition) is 4. The van der Waals surface area contributed by atoms with Crippen molar-refractivity contribution in [2.24, 2.45) is 4.99 Å². The summed E-state index contributed by atoms with van der Waals surface area (Å²) in [7, 11) is -2.87. The van der Waals surface area contributed by atoms with E-state index in [1.54, 1.807) is 24.3 Å². The summed E-state index contributed by atoms with van der Waals surface area (Å²) in [4.78, 5) is 4.70. The molecular formula is C10H14N2O2S. The van der Waals surface area contributed by atoms with Crippen molar-refractivity contribution >= 4 is 15.6 Å². The highest BCUT2D eigenvalue weighted by Crippen LogP contribution is 2.49. The van der Waals surface area contributed by atoms with Crippen molar-refractivity contribution in [2.75, 3.05) is 19.6 Å². The molecule has 1 aromatic carbocycles. The number of hydrogen-bond donors (Lipinski definition) is 3. The van der Waals surface area contributed by atoms with Gasteiger partial charge in [-0.2, -0.15) is 0 Å². The second-order valence-corrected chi connectivity index (χ2v) is 5.35. The zero-order chi connectivity index (χ0) is 10.7. The van der Waals surface area contributed by atoms with Gasteiger partial charge >= 0.3 is 0 Å². The Balaban J connectivity index is 2.30. The first-order chi connectivity index (χ1) is 7.21. The minimum absolute atomic E-state index is 0.456. The van der Waals surface area contributed by atoms with Gasteiger partial charge < -0.3 is 5.32 Å². The highest BCUT2D eigenvalue weighted by Gasteiger charge is 2.23. The van der Waals surface area contributed by atoms with Crippen molar-refractivity contribution in [1.82, 2.24) is 5.32 Å². The highest BCUT2D eigenvalue weighted by atomic mass is 32.3. The fraction of sp³-hybridized carbons (Fsp3) is 0.300. The smallest absolute Gasteiger partial charge is 0.137 e. The second-order valence-electron chi connectivity index (χ2n) is 3.31. The molecule has 0 fully saturated rings. The average molecular weight is 226 g/mol. The van der Waals surface area contributed by atoms with E-state index in [1.165, 1.54) is 0 Å². The lowest BCUT2D eigenvalue weighted by Gasteiger charge is -2.35. The van der Waals surface area contributed by atoms with Gasteiger partial charge in [0.2, 0.25) is 0 Å². The van der Waals surface area contributed by atoms with E-state index < -0.39 is 10.6 Å². The Bertz CT molecular complexity index is 365. The molecule has 0 spiro atoms. The van der Waals surface area contributed by atoms with Crippen molar-refractivity contribution in [3.8, 4) is 0 Å². The quantitative estimate of drug-likeness (QED) is 0.684. The summed E-state index contributed by atoms with van der Waals surface area (Å²) in [5.74, 6) is 0. The van der Waals surface area contributed by atoms with E-state index in [-0.39, 0.29) is 0 Å². The highest BCUT2D eigenvalue weighted by molar-refractivity contribution is 8.37. The van der Waals surface area contributed by atoms with Crippen LogP contribution in [0.15, 0.2) is 40.2 Å². The van der Waals surface area contributed by atoms with E-state index in [4.69, 9.17) is 0 Å². The number of benzene rings is 1. The normalized spacial score (nSPS) is 18.4. The maximum Gasteiger partial charge on any atom is 0.137 e. The molecule has 82 valence electrons. The second kappa shape index (κ2) is 4.32. The van der Waals surface area contributed by atoms with Crippen LogP contribution in [0.5, 0.6) is 0 Å². The third kappa shape index (κ3) is 2.21. The molecule has 0 atom stereocenters. The van der Waals surface area contributed by atoms with Crippen molar-refractivity contribution in [1.29, 1.82) is 0 Å². The summed E-state index contributed by atoms with van der Waals surface area (Å²) in [6, 6.07) is 8.86. The molecule has 0 unspecified atom stereocenters. The minimum atomic E-state index is -2.87. The van der Waals surface area contributed by atoms with Gasteiger partial charge in [-0.3, -0.25) is 14.1 Å².